The molecule has 0 saturated heterocycles. The molecule has 0 amide bonds. The Labute approximate surface area is 168 Å². The quantitative estimate of drug-likeness (QED) is 0.445. The predicted molar refractivity (Wildman–Crippen MR) is 114 cm³/mol. The molecule has 0 spiro atoms. The van der Waals surface area contributed by atoms with Gasteiger partial charge in [-0.3, -0.25) is 4.98 Å². The van der Waals surface area contributed by atoms with Gasteiger partial charge < -0.3 is 14.5 Å². The SMILES string of the molecule is COc1ccc(-c2nc3ccccc3[nH]2)cc1COc1cccc2cccnc12. The number of ether oxygens (including phenoxy) is 2. The molecule has 0 saturated carbocycles. The van der Waals surface area contributed by atoms with Gasteiger partial charge in [0.2, 0.25) is 0 Å². The minimum atomic E-state index is 0.368. The molecule has 0 aliphatic heterocycles. The summed E-state index contributed by atoms with van der Waals surface area (Å²) in [4.78, 5) is 12.5. The van der Waals surface area contributed by atoms with E-state index in [0.717, 1.165) is 50.4 Å². The Kier molecular flexibility index (Phi) is 4.33. The van der Waals surface area contributed by atoms with Gasteiger partial charge in [0.05, 0.1) is 18.1 Å². The van der Waals surface area contributed by atoms with Gasteiger partial charge in [-0.1, -0.05) is 30.3 Å². The fourth-order valence-electron chi connectivity index (χ4n) is 3.48. The smallest absolute Gasteiger partial charge is 0.146 e. The molecule has 29 heavy (non-hydrogen) atoms. The van der Waals surface area contributed by atoms with Gasteiger partial charge in [-0.15, -0.1) is 0 Å². The summed E-state index contributed by atoms with van der Waals surface area (Å²) in [5.41, 5.74) is 4.73. The first-order chi connectivity index (χ1) is 14.3. The van der Waals surface area contributed by atoms with E-state index in [0.29, 0.717) is 6.61 Å². The van der Waals surface area contributed by atoms with Crippen molar-refractivity contribution in [1.29, 1.82) is 0 Å². The minimum absolute atomic E-state index is 0.368. The van der Waals surface area contributed by atoms with Crippen molar-refractivity contribution in [2.75, 3.05) is 7.11 Å². The number of pyridine rings is 1. The molecule has 2 aromatic heterocycles. The first kappa shape index (κ1) is 17.3. The average Bonchev–Trinajstić information content (AvgIpc) is 3.22. The summed E-state index contributed by atoms with van der Waals surface area (Å²) < 4.78 is 11.7. The number of benzene rings is 3. The highest BCUT2D eigenvalue weighted by Gasteiger charge is 2.11. The van der Waals surface area contributed by atoms with Crippen LogP contribution in [0.3, 0.4) is 0 Å². The normalized spacial score (nSPS) is 11.1. The van der Waals surface area contributed by atoms with Crippen molar-refractivity contribution in [1.82, 2.24) is 15.0 Å². The second-order valence-corrected chi connectivity index (χ2v) is 6.75. The number of methoxy groups -OCH3 is 1. The number of aromatic amines is 1. The van der Waals surface area contributed by atoms with Gasteiger partial charge >= 0.3 is 0 Å². The number of hydrogen-bond acceptors (Lipinski definition) is 4. The Bertz CT molecular complexity index is 1270. The number of para-hydroxylation sites is 3. The number of nitrogens with one attached hydrogen (secondary N) is 1. The maximum absolute atomic E-state index is 6.12. The summed E-state index contributed by atoms with van der Waals surface area (Å²) in [5.74, 6) is 2.35. The third-order valence-electron chi connectivity index (χ3n) is 4.92. The number of hydrogen-bond donors (Lipinski definition) is 1. The standard InChI is InChI=1S/C24H19N3O2/c1-28-21-12-11-17(24-26-19-8-2-3-9-20(19)27-24)14-18(21)15-29-22-10-4-6-16-7-5-13-25-23(16)22/h2-14H,15H2,1H3,(H,26,27). The topological polar surface area (TPSA) is 60.0 Å². The van der Waals surface area contributed by atoms with Gasteiger partial charge in [-0.2, -0.15) is 0 Å². The number of rotatable bonds is 5. The molecule has 0 aliphatic carbocycles. The van der Waals surface area contributed by atoms with Crippen LogP contribution in [0.15, 0.2) is 79.0 Å². The van der Waals surface area contributed by atoms with Crippen LogP contribution in [0.1, 0.15) is 5.56 Å². The zero-order chi connectivity index (χ0) is 19.6. The van der Waals surface area contributed by atoms with E-state index in [4.69, 9.17) is 14.5 Å². The third-order valence-corrected chi connectivity index (χ3v) is 4.92. The molecule has 5 heteroatoms. The largest absolute Gasteiger partial charge is 0.496 e. The zero-order valence-electron chi connectivity index (χ0n) is 15.9. The van der Waals surface area contributed by atoms with Crippen LogP contribution < -0.4 is 9.47 Å². The highest BCUT2D eigenvalue weighted by Crippen LogP contribution is 2.29. The molecule has 5 nitrogen and oxygen atoms in total. The number of aromatic nitrogens is 3. The van der Waals surface area contributed by atoms with Gasteiger partial charge in [0.25, 0.3) is 0 Å². The van der Waals surface area contributed by atoms with Crippen LogP contribution in [0.25, 0.3) is 33.3 Å². The van der Waals surface area contributed by atoms with Crippen LogP contribution in [-0.4, -0.2) is 22.1 Å². The highest BCUT2D eigenvalue weighted by atomic mass is 16.5. The van der Waals surface area contributed by atoms with Crippen LogP contribution in [0.2, 0.25) is 0 Å². The van der Waals surface area contributed by atoms with E-state index in [2.05, 4.69) is 16.0 Å². The molecule has 5 aromatic rings. The number of imidazole rings is 1. The molecule has 2 heterocycles. The molecule has 142 valence electrons. The van der Waals surface area contributed by atoms with Crippen molar-refractivity contribution in [3.63, 3.8) is 0 Å². The summed E-state index contributed by atoms with van der Waals surface area (Å²) in [7, 11) is 1.67. The number of fused-ring (bicyclic) bond motifs is 2. The second kappa shape index (κ2) is 7.28. The maximum Gasteiger partial charge on any atom is 0.146 e. The van der Waals surface area contributed by atoms with E-state index in [1.54, 1.807) is 13.3 Å². The lowest BCUT2D eigenvalue weighted by Gasteiger charge is -2.12. The van der Waals surface area contributed by atoms with Crippen LogP contribution in [0, 0.1) is 0 Å². The van der Waals surface area contributed by atoms with Crippen molar-refractivity contribution < 1.29 is 9.47 Å². The molecule has 0 radical (unpaired) electrons. The van der Waals surface area contributed by atoms with Crippen molar-refractivity contribution in [2.45, 2.75) is 6.61 Å². The Hall–Kier alpha value is -3.86. The number of H-pyrrole nitrogens is 1. The van der Waals surface area contributed by atoms with Gasteiger partial charge in [0.15, 0.2) is 0 Å². The lowest BCUT2D eigenvalue weighted by atomic mass is 10.1. The van der Waals surface area contributed by atoms with Crippen molar-refractivity contribution in [2.24, 2.45) is 0 Å². The molecule has 0 bridgehead atoms. The van der Waals surface area contributed by atoms with Crippen LogP contribution in [0.5, 0.6) is 11.5 Å². The van der Waals surface area contributed by atoms with Crippen LogP contribution in [0.4, 0.5) is 0 Å². The van der Waals surface area contributed by atoms with E-state index in [1.165, 1.54) is 0 Å². The summed E-state index contributed by atoms with van der Waals surface area (Å²) in [6, 6.07) is 23.9. The summed E-state index contributed by atoms with van der Waals surface area (Å²) in [6.07, 6.45) is 1.78. The molecular weight excluding hydrogens is 362 g/mol. The fourth-order valence-corrected chi connectivity index (χ4v) is 3.48. The molecule has 0 aliphatic rings. The summed E-state index contributed by atoms with van der Waals surface area (Å²) in [5, 5.41) is 1.05. The first-order valence-electron chi connectivity index (χ1n) is 9.40. The van der Waals surface area contributed by atoms with Crippen molar-refractivity contribution in [3.05, 3.63) is 84.6 Å². The highest BCUT2D eigenvalue weighted by molar-refractivity contribution is 5.84. The molecule has 5 rings (SSSR count). The molecule has 0 unspecified atom stereocenters. The molecule has 0 fully saturated rings. The molecular formula is C24H19N3O2. The van der Waals surface area contributed by atoms with Gasteiger partial charge in [-0.25, -0.2) is 4.98 Å². The minimum Gasteiger partial charge on any atom is -0.496 e. The summed E-state index contributed by atoms with van der Waals surface area (Å²) >= 11 is 0. The average molecular weight is 381 g/mol. The van der Waals surface area contributed by atoms with Crippen molar-refractivity contribution >= 4 is 21.9 Å². The van der Waals surface area contributed by atoms with E-state index >= 15 is 0 Å². The Balaban J connectivity index is 1.48. The van der Waals surface area contributed by atoms with Crippen molar-refractivity contribution in [3.8, 4) is 22.9 Å². The van der Waals surface area contributed by atoms with E-state index in [-0.39, 0.29) is 0 Å². The Morgan fingerprint density at radius 2 is 1.79 bits per heavy atom. The van der Waals surface area contributed by atoms with E-state index in [9.17, 15) is 0 Å². The van der Waals surface area contributed by atoms with Crippen LogP contribution in [-0.2, 0) is 6.61 Å². The number of nitrogens with zero attached hydrogens (tertiary/aromatic N) is 2. The Morgan fingerprint density at radius 1 is 0.897 bits per heavy atom. The zero-order valence-corrected chi connectivity index (χ0v) is 15.9. The van der Waals surface area contributed by atoms with Gasteiger partial charge in [0.1, 0.15) is 29.4 Å². The first-order valence-corrected chi connectivity index (χ1v) is 9.40. The predicted octanol–water partition coefficient (Wildman–Crippen LogP) is 5.37. The lowest BCUT2D eigenvalue weighted by molar-refractivity contribution is 0.299. The lowest BCUT2D eigenvalue weighted by Crippen LogP contribution is -2.00. The maximum atomic E-state index is 6.12. The second-order valence-electron chi connectivity index (χ2n) is 6.75. The fraction of sp³-hybridized carbons (Fsp3) is 0.0833. The third kappa shape index (κ3) is 3.27. The van der Waals surface area contributed by atoms with E-state index in [1.807, 2.05) is 66.7 Å². The molecule has 1 N–H and O–H groups in total. The van der Waals surface area contributed by atoms with Gasteiger partial charge in [0, 0.05) is 22.7 Å². The Morgan fingerprint density at radius 3 is 2.69 bits per heavy atom. The molecule has 0 atom stereocenters. The van der Waals surface area contributed by atoms with Gasteiger partial charge in [-0.05, 0) is 42.5 Å². The van der Waals surface area contributed by atoms with Crippen LogP contribution >= 0.6 is 0 Å². The molecule has 3 aromatic carbocycles. The summed E-state index contributed by atoms with van der Waals surface area (Å²) in [6.45, 7) is 0.368. The van der Waals surface area contributed by atoms with E-state index < -0.39 is 0 Å². The monoisotopic (exact) mass is 381 g/mol.